The molecule has 6 atom stereocenters. The number of allylic oxidation sites excluding steroid dienone is 2. The minimum atomic E-state index is -3.94. The molecule has 2 bridgehead atoms. The third-order valence-electron chi connectivity index (χ3n) is 9.91. The third-order valence-corrected chi connectivity index (χ3v) is 12.3. The summed E-state index contributed by atoms with van der Waals surface area (Å²) < 4.78 is 35.3. The summed E-state index contributed by atoms with van der Waals surface area (Å²) in [5.74, 6) is 6.01. The van der Waals surface area contributed by atoms with Crippen LogP contribution in [0.1, 0.15) is 89.4 Å². The second-order valence-electron chi connectivity index (χ2n) is 12.8. The number of fused-ring (bicyclic) bond motifs is 2. The summed E-state index contributed by atoms with van der Waals surface area (Å²) in [5, 5.41) is 11.8. The van der Waals surface area contributed by atoms with Crippen molar-refractivity contribution in [3.05, 3.63) is 47.5 Å². The maximum absolute atomic E-state index is 13.4. The molecule has 1 fully saturated rings. The molecule has 2 N–H and O–H groups in total. The van der Waals surface area contributed by atoms with Crippen LogP contribution in [0.2, 0.25) is 0 Å². The Hall–Kier alpha value is -2.47. The van der Waals surface area contributed by atoms with Crippen molar-refractivity contribution in [2.24, 2.45) is 23.2 Å². The van der Waals surface area contributed by atoms with Crippen molar-refractivity contribution in [2.45, 2.75) is 89.9 Å². The van der Waals surface area contributed by atoms with Crippen molar-refractivity contribution in [3.8, 4) is 17.6 Å². The minimum absolute atomic E-state index is 0.0207. The standard InChI is InChI=1S/C34H47ClN2O5S/c1-6-9-18-33(31(35)11-7-2)22-37-21-27-13-15-28(27)34(39,17-8-3)19-10-12-24(4)25(5)43(40,41)36-32(38)26-14-16-30(42-23-33)29(37)20-26/h7,11,14,16,20,24-25,27-28,39H,2,6,9-10,12-13,15,18-19,21-23H2,1,3-5H3,(H,36,38)/b31-11+/t24-,25+,27-,28+,33?,34-/m0/s1. The SMILES string of the molecule is C=C/C=C(/Cl)C1(CCCC)COc2ccc3cc2N(C[C@@H]2CC[C@H]2[C@](O)(C#CC)CCC[C@H](C)[C@@H](C)S(=O)(=O)NC3=O)C1. The summed E-state index contributed by atoms with van der Waals surface area (Å²) in [6, 6.07) is 5.09. The topological polar surface area (TPSA) is 95.9 Å². The molecule has 0 radical (unpaired) electrons. The summed E-state index contributed by atoms with van der Waals surface area (Å²) in [5.41, 5.74) is -0.704. The molecule has 2 heterocycles. The van der Waals surface area contributed by atoms with Gasteiger partial charge in [-0.3, -0.25) is 4.79 Å². The first-order valence-corrected chi connectivity index (χ1v) is 17.5. The zero-order valence-electron chi connectivity index (χ0n) is 26.0. The number of hydrogen-bond acceptors (Lipinski definition) is 6. The fourth-order valence-corrected chi connectivity index (χ4v) is 8.49. The van der Waals surface area contributed by atoms with Crippen LogP contribution < -0.4 is 14.4 Å². The number of carbonyl (C=O) groups is 1. The van der Waals surface area contributed by atoms with Crippen molar-refractivity contribution in [1.82, 2.24) is 4.72 Å². The van der Waals surface area contributed by atoms with E-state index in [1.165, 1.54) is 0 Å². The van der Waals surface area contributed by atoms with Gasteiger partial charge in [0.15, 0.2) is 0 Å². The lowest BCUT2D eigenvalue weighted by Gasteiger charge is -2.48. The number of benzene rings is 1. The Bertz CT molecular complexity index is 1400. The van der Waals surface area contributed by atoms with Gasteiger partial charge in [-0.15, -0.1) is 5.92 Å². The molecule has 236 valence electrons. The number of ether oxygens (including phenoxy) is 1. The Morgan fingerprint density at radius 1 is 1.30 bits per heavy atom. The van der Waals surface area contributed by atoms with E-state index in [0.717, 1.165) is 37.8 Å². The number of hydrogen-bond donors (Lipinski definition) is 2. The Kier molecular flexibility index (Phi) is 10.6. The van der Waals surface area contributed by atoms with Gasteiger partial charge in [0.1, 0.15) is 18.0 Å². The fraction of sp³-hybridized carbons (Fsp3) is 0.618. The summed E-state index contributed by atoms with van der Waals surface area (Å²) in [6.07, 6.45) is 9.80. The predicted octanol–water partition coefficient (Wildman–Crippen LogP) is 6.42. The Morgan fingerprint density at radius 2 is 2.07 bits per heavy atom. The largest absolute Gasteiger partial charge is 0.490 e. The van der Waals surface area contributed by atoms with Gasteiger partial charge in [0, 0.05) is 29.6 Å². The van der Waals surface area contributed by atoms with E-state index >= 15 is 0 Å². The van der Waals surface area contributed by atoms with Gasteiger partial charge >= 0.3 is 0 Å². The average molecular weight is 631 g/mol. The van der Waals surface area contributed by atoms with Crippen LogP contribution in [0, 0.1) is 35.0 Å². The molecule has 0 aromatic heterocycles. The average Bonchev–Trinajstić information content (AvgIpc) is 3.10. The number of halogens is 1. The molecular weight excluding hydrogens is 584 g/mol. The van der Waals surface area contributed by atoms with Gasteiger partial charge in [0.2, 0.25) is 10.0 Å². The number of carbonyl (C=O) groups excluding carboxylic acids is 1. The maximum atomic E-state index is 13.4. The first-order valence-electron chi connectivity index (χ1n) is 15.6. The molecule has 1 aromatic carbocycles. The van der Waals surface area contributed by atoms with Crippen LogP contribution in [0.25, 0.3) is 0 Å². The van der Waals surface area contributed by atoms with Crippen LogP contribution in [0.15, 0.2) is 42.0 Å². The molecule has 9 heteroatoms. The highest BCUT2D eigenvalue weighted by atomic mass is 35.5. The maximum Gasteiger partial charge on any atom is 0.264 e. The molecule has 7 nitrogen and oxygen atoms in total. The van der Waals surface area contributed by atoms with Crippen molar-refractivity contribution in [3.63, 3.8) is 0 Å². The zero-order chi connectivity index (χ0) is 31.4. The normalized spacial score (nSPS) is 32.9. The van der Waals surface area contributed by atoms with Crippen LogP contribution >= 0.6 is 11.6 Å². The summed E-state index contributed by atoms with van der Waals surface area (Å²) in [4.78, 5) is 15.6. The molecule has 1 amide bonds. The van der Waals surface area contributed by atoms with Gasteiger partial charge in [-0.05, 0) is 88.5 Å². The van der Waals surface area contributed by atoms with Crippen molar-refractivity contribution < 1.29 is 23.1 Å². The van der Waals surface area contributed by atoms with E-state index in [1.807, 2.05) is 13.0 Å². The molecule has 1 aromatic rings. The molecule has 0 saturated heterocycles. The molecule has 3 aliphatic rings. The quantitative estimate of drug-likeness (QED) is 0.288. The molecule has 2 aliphatic heterocycles. The summed E-state index contributed by atoms with van der Waals surface area (Å²) >= 11 is 7.00. The molecule has 43 heavy (non-hydrogen) atoms. The first-order chi connectivity index (χ1) is 20.4. The Balaban J connectivity index is 1.84. The van der Waals surface area contributed by atoms with Gasteiger partial charge in [0.05, 0.1) is 16.4 Å². The summed E-state index contributed by atoms with van der Waals surface area (Å²) in [6.45, 7) is 12.8. The van der Waals surface area contributed by atoms with Gasteiger partial charge in [0.25, 0.3) is 5.91 Å². The number of amides is 1. The van der Waals surface area contributed by atoms with Crippen molar-refractivity contribution in [1.29, 1.82) is 0 Å². The van der Waals surface area contributed by atoms with Crippen LogP contribution in [-0.4, -0.2) is 50.0 Å². The molecule has 1 saturated carbocycles. The van der Waals surface area contributed by atoms with Gasteiger partial charge in [-0.1, -0.05) is 56.9 Å². The van der Waals surface area contributed by atoms with Crippen LogP contribution in [0.4, 0.5) is 5.69 Å². The van der Waals surface area contributed by atoms with Crippen molar-refractivity contribution in [2.75, 3.05) is 24.6 Å². The minimum Gasteiger partial charge on any atom is -0.490 e. The Morgan fingerprint density at radius 3 is 2.72 bits per heavy atom. The number of unbranched alkanes of at least 4 members (excludes halogenated alkanes) is 1. The van der Waals surface area contributed by atoms with Crippen molar-refractivity contribution >= 4 is 33.2 Å². The highest BCUT2D eigenvalue weighted by Gasteiger charge is 2.48. The van der Waals surface area contributed by atoms with E-state index in [9.17, 15) is 18.3 Å². The van der Waals surface area contributed by atoms with Gasteiger partial charge < -0.3 is 14.7 Å². The van der Waals surface area contributed by atoms with E-state index in [1.54, 1.807) is 38.1 Å². The molecule has 1 unspecified atom stereocenters. The number of nitrogens with zero attached hydrogens (tertiary/aromatic N) is 1. The smallest absolute Gasteiger partial charge is 0.264 e. The van der Waals surface area contributed by atoms with E-state index in [0.29, 0.717) is 49.7 Å². The number of rotatable bonds is 5. The number of anilines is 1. The highest BCUT2D eigenvalue weighted by molar-refractivity contribution is 7.90. The van der Waals surface area contributed by atoms with E-state index < -0.39 is 32.2 Å². The van der Waals surface area contributed by atoms with Crippen LogP contribution in [-0.2, 0) is 10.0 Å². The molecule has 4 rings (SSSR count). The summed E-state index contributed by atoms with van der Waals surface area (Å²) in [7, 11) is -3.94. The number of aliphatic hydroxyl groups is 1. The van der Waals surface area contributed by atoms with E-state index in [4.69, 9.17) is 16.3 Å². The number of nitrogens with one attached hydrogen (secondary N) is 1. The zero-order valence-corrected chi connectivity index (χ0v) is 27.6. The van der Waals surface area contributed by atoms with Crippen LogP contribution in [0.3, 0.4) is 0 Å². The van der Waals surface area contributed by atoms with E-state index in [-0.39, 0.29) is 23.3 Å². The molecular formula is C34H47ClN2O5S. The second kappa shape index (κ2) is 13.7. The second-order valence-corrected chi connectivity index (χ2v) is 15.2. The molecule has 1 aliphatic carbocycles. The number of sulfonamides is 1. The van der Waals surface area contributed by atoms with Gasteiger partial charge in [-0.2, -0.15) is 0 Å². The fourth-order valence-electron chi connectivity index (χ4n) is 6.88. The van der Waals surface area contributed by atoms with Crippen LogP contribution in [0.5, 0.6) is 5.75 Å². The molecule has 0 spiro atoms. The van der Waals surface area contributed by atoms with Gasteiger partial charge in [-0.25, -0.2) is 13.1 Å². The first kappa shape index (κ1) is 33.4. The lowest BCUT2D eigenvalue weighted by Crippen LogP contribution is -2.51. The third kappa shape index (κ3) is 7.10. The Labute approximate surface area is 263 Å². The lowest BCUT2D eigenvalue weighted by molar-refractivity contribution is -0.0449. The van der Waals surface area contributed by atoms with E-state index in [2.05, 4.69) is 35.0 Å². The lowest BCUT2D eigenvalue weighted by atomic mass is 9.63. The predicted molar refractivity (Wildman–Crippen MR) is 174 cm³/mol. The monoisotopic (exact) mass is 630 g/mol. The highest BCUT2D eigenvalue weighted by Crippen LogP contribution is 2.48.